The molecule has 2 aromatic rings. The Morgan fingerprint density at radius 3 is 2.20 bits per heavy atom. The predicted octanol–water partition coefficient (Wildman–Crippen LogP) is 8.32. The van der Waals surface area contributed by atoms with E-state index < -0.39 is 18.3 Å². The van der Waals surface area contributed by atoms with Crippen LogP contribution in [0.4, 0.5) is 5.69 Å². The van der Waals surface area contributed by atoms with E-state index in [0.717, 1.165) is 24.1 Å². The average molecular weight is 659 g/mol. The van der Waals surface area contributed by atoms with E-state index in [0.29, 0.717) is 24.6 Å². The van der Waals surface area contributed by atoms with Crippen molar-refractivity contribution in [2.45, 2.75) is 109 Å². The van der Waals surface area contributed by atoms with E-state index in [1.54, 1.807) is 0 Å². The second-order valence-corrected chi connectivity index (χ2v) is 20.7. The SMILES string of the molecule is CC(C)(C)[Si](C)(C)O[C@H](CNCCCCCCCCCN1CC[CH]CC1)c1ccc(OCc2ccccc2)c(NS(C)(=O)=O)c1. The molecule has 1 radical (unpaired) electrons. The normalized spacial score (nSPS) is 15.6. The number of sulfonamides is 1. The number of nitrogens with one attached hydrogen (secondary N) is 2. The van der Waals surface area contributed by atoms with Crippen LogP contribution in [-0.2, 0) is 21.1 Å². The fraction of sp³-hybridized carbons (Fsp3) is 0.639. The van der Waals surface area contributed by atoms with Gasteiger partial charge in [-0.25, -0.2) is 8.42 Å². The fourth-order valence-electron chi connectivity index (χ4n) is 5.38. The van der Waals surface area contributed by atoms with Crippen molar-refractivity contribution in [1.29, 1.82) is 0 Å². The number of ether oxygens (including phenoxy) is 1. The number of hydrogen-bond donors (Lipinski definition) is 2. The summed E-state index contributed by atoms with van der Waals surface area (Å²) in [6, 6.07) is 15.6. The van der Waals surface area contributed by atoms with Gasteiger partial charge in [-0.3, -0.25) is 4.72 Å². The Hall–Kier alpha value is -1.91. The quantitative estimate of drug-likeness (QED) is 0.110. The van der Waals surface area contributed by atoms with E-state index in [4.69, 9.17) is 9.16 Å². The van der Waals surface area contributed by atoms with Crippen LogP contribution in [0.2, 0.25) is 18.1 Å². The van der Waals surface area contributed by atoms with Gasteiger partial charge in [-0.15, -0.1) is 0 Å². The van der Waals surface area contributed by atoms with Crippen LogP contribution in [0.3, 0.4) is 0 Å². The molecule has 1 heterocycles. The number of anilines is 1. The third-order valence-corrected chi connectivity index (χ3v) is 14.2. The minimum Gasteiger partial charge on any atom is -0.487 e. The maximum atomic E-state index is 12.3. The molecule has 45 heavy (non-hydrogen) atoms. The van der Waals surface area contributed by atoms with Gasteiger partial charge < -0.3 is 19.4 Å². The molecular formula is C36H60N3O4SSi. The van der Waals surface area contributed by atoms with Gasteiger partial charge in [-0.05, 0) is 99.7 Å². The zero-order chi connectivity index (χ0) is 32.8. The van der Waals surface area contributed by atoms with Crippen LogP contribution >= 0.6 is 0 Å². The molecule has 1 aliphatic heterocycles. The highest BCUT2D eigenvalue weighted by atomic mass is 32.2. The minimum atomic E-state index is -3.51. The highest BCUT2D eigenvalue weighted by Gasteiger charge is 2.39. The summed E-state index contributed by atoms with van der Waals surface area (Å²) in [6.07, 6.45) is 14.9. The van der Waals surface area contributed by atoms with Crippen LogP contribution in [-0.4, -0.2) is 60.6 Å². The third kappa shape index (κ3) is 14.2. The predicted molar refractivity (Wildman–Crippen MR) is 192 cm³/mol. The molecule has 1 aliphatic rings. The van der Waals surface area contributed by atoms with Crippen molar-refractivity contribution in [1.82, 2.24) is 10.2 Å². The molecule has 0 bridgehead atoms. The third-order valence-electron chi connectivity index (χ3n) is 9.11. The summed E-state index contributed by atoms with van der Waals surface area (Å²) in [5, 5.41) is 3.70. The summed E-state index contributed by atoms with van der Waals surface area (Å²) >= 11 is 0. The maximum absolute atomic E-state index is 12.3. The molecule has 7 nitrogen and oxygen atoms in total. The lowest BCUT2D eigenvalue weighted by atomic mass is 10.1. The molecule has 3 rings (SSSR count). The molecule has 9 heteroatoms. The summed E-state index contributed by atoms with van der Waals surface area (Å²) in [4.78, 5) is 2.62. The summed E-state index contributed by atoms with van der Waals surface area (Å²) in [6.45, 7) is 17.0. The molecule has 253 valence electrons. The zero-order valence-corrected chi connectivity index (χ0v) is 30.7. The monoisotopic (exact) mass is 658 g/mol. The molecule has 0 aromatic heterocycles. The van der Waals surface area contributed by atoms with Crippen molar-refractivity contribution in [2.24, 2.45) is 0 Å². The molecule has 0 aliphatic carbocycles. The van der Waals surface area contributed by atoms with Crippen LogP contribution in [0.25, 0.3) is 0 Å². The number of likely N-dealkylation sites (tertiary alicyclic amines) is 1. The largest absolute Gasteiger partial charge is 0.487 e. The molecular weight excluding hydrogens is 599 g/mol. The van der Waals surface area contributed by atoms with Crippen molar-refractivity contribution in [3.05, 3.63) is 66.1 Å². The minimum absolute atomic E-state index is 0.0458. The van der Waals surface area contributed by atoms with Crippen LogP contribution in [0.15, 0.2) is 48.5 Å². The standard InChI is InChI=1S/C36H60N3O4SSi/c1-36(2,3)45(5,6)43-35(29-37-24-16-10-8-7-9-11-17-25-39-26-18-13-19-27-39)32-22-23-34(33(28-32)38-44(4,40)41)42-30-31-20-14-12-15-21-31/h12-15,20-23,28,35,37-38H,7-11,16-19,24-27,29-30H2,1-6H3/t35-/m1/s1. The molecule has 2 aromatic carbocycles. The van der Waals surface area contributed by atoms with Gasteiger partial charge in [0, 0.05) is 6.54 Å². The van der Waals surface area contributed by atoms with E-state index >= 15 is 0 Å². The van der Waals surface area contributed by atoms with Gasteiger partial charge >= 0.3 is 0 Å². The molecule has 0 saturated carbocycles. The molecule has 1 saturated heterocycles. The first kappa shape index (κ1) is 37.5. The Balaban J connectivity index is 1.54. The van der Waals surface area contributed by atoms with Crippen molar-refractivity contribution >= 4 is 24.0 Å². The first-order valence-electron chi connectivity index (χ1n) is 17.0. The van der Waals surface area contributed by atoms with Gasteiger partial charge in [-0.2, -0.15) is 0 Å². The highest BCUT2D eigenvalue weighted by molar-refractivity contribution is 7.92. The topological polar surface area (TPSA) is 79.9 Å². The van der Waals surface area contributed by atoms with Gasteiger partial charge in [0.15, 0.2) is 8.32 Å². The van der Waals surface area contributed by atoms with Crippen LogP contribution in [0, 0.1) is 6.42 Å². The highest BCUT2D eigenvalue weighted by Crippen LogP contribution is 2.40. The first-order chi connectivity index (χ1) is 21.3. The number of piperidine rings is 1. The maximum Gasteiger partial charge on any atom is 0.229 e. The Kier molecular flexibility index (Phi) is 15.4. The number of unbranched alkanes of at least 4 members (excludes halogenated alkanes) is 6. The summed E-state index contributed by atoms with van der Waals surface area (Å²) in [5.41, 5.74) is 2.39. The summed E-state index contributed by atoms with van der Waals surface area (Å²) in [5.74, 6) is 0.497. The molecule has 2 N–H and O–H groups in total. The van der Waals surface area contributed by atoms with Crippen molar-refractivity contribution in [3.8, 4) is 5.75 Å². The number of rotatable bonds is 20. The average Bonchev–Trinajstić information content (AvgIpc) is 2.98. The van der Waals surface area contributed by atoms with Gasteiger partial charge in [0.25, 0.3) is 0 Å². The molecule has 0 spiro atoms. The zero-order valence-electron chi connectivity index (χ0n) is 28.9. The lowest BCUT2D eigenvalue weighted by Crippen LogP contribution is -2.43. The Labute approximate surface area is 276 Å². The summed E-state index contributed by atoms with van der Waals surface area (Å²) < 4.78 is 40.3. The number of benzene rings is 2. The van der Waals surface area contributed by atoms with Gasteiger partial charge in [-0.1, -0.05) is 89.3 Å². The first-order valence-corrected chi connectivity index (χ1v) is 21.8. The van der Waals surface area contributed by atoms with Crippen LogP contribution < -0.4 is 14.8 Å². The lowest BCUT2D eigenvalue weighted by molar-refractivity contribution is 0.180. The van der Waals surface area contributed by atoms with E-state index in [-0.39, 0.29) is 11.1 Å². The van der Waals surface area contributed by atoms with Gasteiger partial charge in [0.1, 0.15) is 12.4 Å². The molecule has 0 unspecified atom stereocenters. The Morgan fingerprint density at radius 2 is 1.56 bits per heavy atom. The van der Waals surface area contributed by atoms with E-state index in [1.165, 1.54) is 77.3 Å². The Morgan fingerprint density at radius 1 is 0.911 bits per heavy atom. The fourth-order valence-corrected chi connectivity index (χ4v) is 7.22. The number of nitrogens with zero attached hydrogens (tertiary/aromatic N) is 1. The Bertz CT molecular complexity index is 1230. The van der Waals surface area contributed by atoms with E-state index in [2.05, 4.69) is 55.2 Å². The van der Waals surface area contributed by atoms with E-state index in [9.17, 15) is 8.42 Å². The van der Waals surface area contributed by atoms with E-state index in [1.807, 2.05) is 48.5 Å². The molecule has 1 fully saturated rings. The van der Waals surface area contributed by atoms with Crippen LogP contribution in [0.1, 0.15) is 95.8 Å². The second-order valence-electron chi connectivity index (χ2n) is 14.2. The second kappa shape index (κ2) is 18.4. The molecule has 1 atom stereocenters. The van der Waals surface area contributed by atoms with Gasteiger partial charge in [0.2, 0.25) is 10.0 Å². The molecule has 0 amide bonds. The van der Waals surface area contributed by atoms with Crippen molar-refractivity contribution in [3.63, 3.8) is 0 Å². The smallest absolute Gasteiger partial charge is 0.229 e. The number of hydrogen-bond acceptors (Lipinski definition) is 6. The van der Waals surface area contributed by atoms with Crippen molar-refractivity contribution in [2.75, 3.05) is 43.7 Å². The lowest BCUT2D eigenvalue weighted by Gasteiger charge is -2.39. The van der Waals surface area contributed by atoms with Gasteiger partial charge in [0.05, 0.1) is 18.0 Å². The van der Waals surface area contributed by atoms with Crippen LogP contribution in [0.5, 0.6) is 5.75 Å². The summed E-state index contributed by atoms with van der Waals surface area (Å²) in [7, 11) is -5.62. The van der Waals surface area contributed by atoms with Crippen molar-refractivity contribution < 1.29 is 17.6 Å².